The number of hydrogen-bond acceptors (Lipinski definition) is 3. The van der Waals surface area contributed by atoms with E-state index in [4.69, 9.17) is 4.74 Å². The number of fused-ring (bicyclic) bond motifs is 3. The summed E-state index contributed by atoms with van der Waals surface area (Å²) in [6, 6.07) is 9.45. The molecule has 0 aromatic heterocycles. The summed E-state index contributed by atoms with van der Waals surface area (Å²) < 4.78 is 5.66. The molecule has 1 aromatic rings. The number of carbonyl (C=O) groups excluding carboxylic acids is 1. The molecule has 3 unspecified atom stereocenters. The van der Waals surface area contributed by atoms with Crippen LogP contribution in [0.4, 0.5) is 0 Å². The third kappa shape index (κ3) is 2.84. The van der Waals surface area contributed by atoms with Gasteiger partial charge in [0.25, 0.3) is 0 Å². The van der Waals surface area contributed by atoms with Gasteiger partial charge in [0.2, 0.25) is 5.91 Å². The van der Waals surface area contributed by atoms with Gasteiger partial charge in [-0.15, -0.1) is 0 Å². The molecule has 118 valence electrons. The average molecular weight is 300 g/mol. The molecule has 22 heavy (non-hydrogen) atoms. The second kappa shape index (κ2) is 5.92. The molecule has 1 aromatic carbocycles. The topological polar surface area (TPSA) is 50.4 Å². The Hall–Kier alpha value is -1.55. The smallest absolute Gasteiger partial charge is 0.220 e. The lowest BCUT2D eigenvalue weighted by Gasteiger charge is -2.30. The molecule has 2 bridgehead atoms. The summed E-state index contributed by atoms with van der Waals surface area (Å²) in [6.45, 7) is 0.680. The van der Waals surface area contributed by atoms with E-state index in [1.54, 1.807) is 0 Å². The van der Waals surface area contributed by atoms with Gasteiger partial charge in [0.15, 0.2) is 0 Å². The van der Waals surface area contributed by atoms with Crippen LogP contribution in [0, 0.1) is 5.92 Å². The standard InChI is InChI=1S/C18H24N2O2/c21-18(11-12-9-13-5-6-14(10-12)19-13)20-16-7-8-22-17-4-2-1-3-15(16)17/h1-4,12-14,16,19H,5-11H2,(H,20,21). The molecule has 3 aliphatic heterocycles. The van der Waals surface area contributed by atoms with E-state index in [9.17, 15) is 4.79 Å². The number of hydrogen-bond donors (Lipinski definition) is 2. The molecule has 4 rings (SSSR count). The number of ether oxygens (including phenoxy) is 1. The zero-order valence-corrected chi connectivity index (χ0v) is 12.9. The number of amides is 1. The van der Waals surface area contributed by atoms with Crippen molar-refractivity contribution in [2.24, 2.45) is 5.92 Å². The van der Waals surface area contributed by atoms with Crippen molar-refractivity contribution in [1.29, 1.82) is 0 Å². The van der Waals surface area contributed by atoms with E-state index in [0.29, 0.717) is 31.0 Å². The van der Waals surface area contributed by atoms with Crippen LogP contribution in [0.25, 0.3) is 0 Å². The summed E-state index contributed by atoms with van der Waals surface area (Å²) in [7, 11) is 0. The third-order valence-electron chi connectivity index (χ3n) is 5.34. The number of para-hydroxylation sites is 1. The quantitative estimate of drug-likeness (QED) is 0.902. The number of piperidine rings is 1. The first-order valence-corrected chi connectivity index (χ1v) is 8.55. The Bertz CT molecular complexity index is 548. The average Bonchev–Trinajstić information content (AvgIpc) is 2.86. The Balaban J connectivity index is 1.37. The fourth-order valence-electron chi connectivity index (χ4n) is 4.35. The predicted molar refractivity (Wildman–Crippen MR) is 84.7 cm³/mol. The lowest BCUT2D eigenvalue weighted by Crippen LogP contribution is -2.40. The maximum absolute atomic E-state index is 12.5. The number of rotatable bonds is 3. The van der Waals surface area contributed by atoms with Crippen molar-refractivity contribution in [3.8, 4) is 5.75 Å². The predicted octanol–water partition coefficient (Wildman–Crippen LogP) is 2.55. The van der Waals surface area contributed by atoms with Gasteiger partial charge in [-0.1, -0.05) is 18.2 Å². The van der Waals surface area contributed by atoms with E-state index in [1.165, 1.54) is 12.8 Å². The van der Waals surface area contributed by atoms with E-state index in [-0.39, 0.29) is 11.9 Å². The molecule has 0 spiro atoms. The van der Waals surface area contributed by atoms with Crippen molar-refractivity contribution < 1.29 is 9.53 Å². The summed E-state index contributed by atoms with van der Waals surface area (Å²) >= 11 is 0. The monoisotopic (exact) mass is 300 g/mol. The van der Waals surface area contributed by atoms with Crippen LogP contribution in [0.15, 0.2) is 24.3 Å². The van der Waals surface area contributed by atoms with Gasteiger partial charge in [-0.05, 0) is 37.7 Å². The van der Waals surface area contributed by atoms with Crippen LogP contribution in [-0.4, -0.2) is 24.6 Å². The molecular weight excluding hydrogens is 276 g/mol. The van der Waals surface area contributed by atoms with Crippen LogP contribution in [0.2, 0.25) is 0 Å². The highest BCUT2D eigenvalue weighted by Gasteiger charge is 2.34. The van der Waals surface area contributed by atoms with Crippen LogP contribution in [0.1, 0.15) is 50.1 Å². The molecule has 0 aliphatic carbocycles. The van der Waals surface area contributed by atoms with Gasteiger partial charge in [0.05, 0.1) is 12.6 Å². The maximum Gasteiger partial charge on any atom is 0.220 e. The fourth-order valence-corrected chi connectivity index (χ4v) is 4.35. The minimum atomic E-state index is 0.107. The zero-order chi connectivity index (χ0) is 14.9. The van der Waals surface area contributed by atoms with Crippen LogP contribution >= 0.6 is 0 Å². The summed E-state index contributed by atoms with van der Waals surface area (Å²) in [5, 5.41) is 6.87. The third-order valence-corrected chi connectivity index (χ3v) is 5.34. The van der Waals surface area contributed by atoms with Crippen molar-refractivity contribution in [1.82, 2.24) is 10.6 Å². The number of carbonyl (C=O) groups is 1. The lowest BCUT2D eigenvalue weighted by molar-refractivity contribution is -0.123. The SMILES string of the molecule is O=C(CC1CC2CCC(C1)N2)NC1CCOc2ccccc21. The zero-order valence-electron chi connectivity index (χ0n) is 12.9. The van der Waals surface area contributed by atoms with Crippen molar-refractivity contribution >= 4 is 5.91 Å². The van der Waals surface area contributed by atoms with E-state index in [1.807, 2.05) is 18.2 Å². The first-order valence-electron chi connectivity index (χ1n) is 8.55. The van der Waals surface area contributed by atoms with Gasteiger partial charge < -0.3 is 15.4 Å². The molecule has 0 saturated carbocycles. The van der Waals surface area contributed by atoms with Crippen molar-refractivity contribution in [2.75, 3.05) is 6.61 Å². The Labute approximate surface area is 131 Å². The normalized spacial score (nSPS) is 32.9. The second-order valence-electron chi connectivity index (χ2n) is 6.97. The van der Waals surface area contributed by atoms with Crippen molar-refractivity contribution in [3.05, 3.63) is 29.8 Å². The molecule has 0 radical (unpaired) electrons. The van der Waals surface area contributed by atoms with Gasteiger partial charge in [-0.25, -0.2) is 0 Å². The molecule has 3 aliphatic rings. The molecule has 3 atom stereocenters. The lowest BCUT2D eigenvalue weighted by atomic mass is 9.89. The Morgan fingerprint density at radius 2 is 1.95 bits per heavy atom. The molecular formula is C18H24N2O2. The van der Waals surface area contributed by atoms with Crippen LogP contribution < -0.4 is 15.4 Å². The van der Waals surface area contributed by atoms with Gasteiger partial charge in [-0.3, -0.25) is 4.79 Å². The first kappa shape index (κ1) is 14.1. The molecule has 2 N–H and O–H groups in total. The van der Waals surface area contributed by atoms with Crippen LogP contribution in [-0.2, 0) is 4.79 Å². The highest BCUT2D eigenvalue weighted by atomic mass is 16.5. The van der Waals surface area contributed by atoms with Gasteiger partial charge in [-0.2, -0.15) is 0 Å². The molecule has 4 heteroatoms. The Morgan fingerprint density at radius 1 is 1.18 bits per heavy atom. The Morgan fingerprint density at radius 3 is 2.77 bits per heavy atom. The van der Waals surface area contributed by atoms with Crippen molar-refractivity contribution in [2.45, 2.75) is 56.7 Å². The van der Waals surface area contributed by atoms with Gasteiger partial charge >= 0.3 is 0 Å². The van der Waals surface area contributed by atoms with Gasteiger partial charge in [0.1, 0.15) is 5.75 Å². The van der Waals surface area contributed by atoms with Crippen molar-refractivity contribution in [3.63, 3.8) is 0 Å². The molecule has 2 fully saturated rings. The largest absolute Gasteiger partial charge is 0.493 e. The fraction of sp³-hybridized carbons (Fsp3) is 0.611. The number of nitrogens with one attached hydrogen (secondary N) is 2. The molecule has 2 saturated heterocycles. The molecule has 4 nitrogen and oxygen atoms in total. The number of benzene rings is 1. The van der Waals surface area contributed by atoms with Crippen LogP contribution in [0.5, 0.6) is 5.75 Å². The van der Waals surface area contributed by atoms with E-state index < -0.39 is 0 Å². The maximum atomic E-state index is 12.5. The summed E-state index contributed by atoms with van der Waals surface area (Å²) in [5.41, 5.74) is 1.12. The second-order valence-corrected chi connectivity index (χ2v) is 6.97. The minimum Gasteiger partial charge on any atom is -0.493 e. The molecule has 1 amide bonds. The van der Waals surface area contributed by atoms with Crippen LogP contribution in [0.3, 0.4) is 0 Å². The minimum absolute atomic E-state index is 0.107. The highest BCUT2D eigenvalue weighted by Crippen LogP contribution is 2.34. The summed E-state index contributed by atoms with van der Waals surface area (Å²) in [5.74, 6) is 1.67. The van der Waals surface area contributed by atoms with E-state index in [0.717, 1.165) is 30.6 Å². The highest BCUT2D eigenvalue weighted by molar-refractivity contribution is 5.77. The summed E-state index contributed by atoms with van der Waals surface area (Å²) in [6.07, 6.45) is 6.43. The first-order chi connectivity index (χ1) is 10.8. The Kier molecular flexibility index (Phi) is 3.78. The molecule has 3 heterocycles. The summed E-state index contributed by atoms with van der Waals surface area (Å²) in [4.78, 5) is 12.5. The van der Waals surface area contributed by atoms with E-state index in [2.05, 4.69) is 16.7 Å². The van der Waals surface area contributed by atoms with Gasteiger partial charge in [0, 0.05) is 30.5 Å². The van der Waals surface area contributed by atoms with E-state index >= 15 is 0 Å².